The molecule has 0 amide bonds. The zero-order chi connectivity index (χ0) is 17.8. The summed E-state index contributed by atoms with van der Waals surface area (Å²) in [6.07, 6.45) is 6.69. The molecule has 3 heteroatoms. The maximum absolute atomic E-state index is 12.1. The summed E-state index contributed by atoms with van der Waals surface area (Å²) in [6, 6.07) is 5.89. The Morgan fingerprint density at radius 2 is 1.92 bits per heavy atom. The van der Waals surface area contributed by atoms with Crippen LogP contribution in [0.5, 0.6) is 5.75 Å². The van der Waals surface area contributed by atoms with Crippen molar-refractivity contribution in [2.45, 2.75) is 76.4 Å². The van der Waals surface area contributed by atoms with Crippen LogP contribution in [0.25, 0.3) is 0 Å². The third-order valence-corrected chi connectivity index (χ3v) is 7.53. The maximum Gasteiger partial charge on any atom is 0.115 e. The zero-order valence-electron chi connectivity index (χ0n) is 16.0. The molecule has 1 saturated heterocycles. The molecule has 4 unspecified atom stereocenters. The lowest BCUT2D eigenvalue weighted by Gasteiger charge is -2.61. The molecule has 138 valence electrons. The monoisotopic (exact) mass is 343 g/mol. The predicted octanol–water partition coefficient (Wildman–Crippen LogP) is 3.99. The van der Waals surface area contributed by atoms with Crippen molar-refractivity contribution in [2.24, 2.45) is 11.8 Å². The van der Waals surface area contributed by atoms with Gasteiger partial charge in [-0.05, 0) is 94.0 Å². The van der Waals surface area contributed by atoms with Crippen molar-refractivity contribution in [2.75, 3.05) is 13.1 Å². The Kier molecular flexibility index (Phi) is 4.16. The van der Waals surface area contributed by atoms with Crippen LogP contribution in [0.4, 0.5) is 0 Å². The van der Waals surface area contributed by atoms with Gasteiger partial charge >= 0.3 is 0 Å². The molecular weight excluding hydrogens is 310 g/mol. The second kappa shape index (κ2) is 5.99. The summed E-state index contributed by atoms with van der Waals surface area (Å²) < 4.78 is 0. The molecule has 0 radical (unpaired) electrons. The molecule has 1 aromatic carbocycles. The molecule has 3 nitrogen and oxygen atoms in total. The van der Waals surface area contributed by atoms with Crippen LogP contribution >= 0.6 is 0 Å². The number of aromatic hydroxyl groups is 1. The first-order valence-electron chi connectivity index (χ1n) is 10.1. The summed E-state index contributed by atoms with van der Waals surface area (Å²) in [4.78, 5) is 2.55. The van der Waals surface area contributed by atoms with Crippen LogP contribution in [0.2, 0.25) is 0 Å². The van der Waals surface area contributed by atoms with Crippen molar-refractivity contribution < 1.29 is 10.2 Å². The van der Waals surface area contributed by atoms with Gasteiger partial charge in [0.05, 0.1) is 5.60 Å². The van der Waals surface area contributed by atoms with Crippen LogP contribution in [0.15, 0.2) is 18.2 Å². The van der Waals surface area contributed by atoms with Crippen LogP contribution in [-0.4, -0.2) is 39.8 Å². The van der Waals surface area contributed by atoms with Crippen molar-refractivity contribution in [1.29, 1.82) is 0 Å². The Bertz CT molecular complexity index is 655. The molecule has 2 N–H and O–H groups in total. The number of aliphatic hydroxyl groups is 1. The summed E-state index contributed by atoms with van der Waals surface area (Å²) in [5.74, 6) is 1.79. The van der Waals surface area contributed by atoms with Gasteiger partial charge in [-0.3, -0.25) is 4.90 Å². The van der Waals surface area contributed by atoms with E-state index in [4.69, 9.17) is 0 Å². The molecule has 1 aliphatic heterocycles. The highest BCUT2D eigenvalue weighted by molar-refractivity contribution is 5.43. The first-order valence-corrected chi connectivity index (χ1v) is 10.1. The fraction of sp³-hybridized carbons (Fsp3) is 0.727. The number of phenolic OH excluding ortho intramolecular Hbond substituents is 1. The molecule has 0 spiro atoms. The number of hydrogen-bond acceptors (Lipinski definition) is 3. The van der Waals surface area contributed by atoms with Crippen molar-refractivity contribution >= 4 is 0 Å². The topological polar surface area (TPSA) is 43.7 Å². The van der Waals surface area contributed by atoms with Gasteiger partial charge in [0, 0.05) is 18.0 Å². The van der Waals surface area contributed by atoms with E-state index in [1.165, 1.54) is 24.0 Å². The fourth-order valence-electron chi connectivity index (χ4n) is 5.82. The molecule has 3 fully saturated rings. The van der Waals surface area contributed by atoms with E-state index in [1.807, 2.05) is 12.1 Å². The molecule has 0 bridgehead atoms. The Labute approximate surface area is 152 Å². The van der Waals surface area contributed by atoms with Gasteiger partial charge < -0.3 is 10.2 Å². The van der Waals surface area contributed by atoms with Gasteiger partial charge in [-0.25, -0.2) is 0 Å². The summed E-state index contributed by atoms with van der Waals surface area (Å²) in [6.45, 7) is 8.89. The minimum Gasteiger partial charge on any atom is -0.508 e. The number of fused-ring (bicyclic) bond motifs is 1. The van der Waals surface area contributed by atoms with Gasteiger partial charge in [-0.2, -0.15) is 0 Å². The number of phenols is 1. The number of piperidine rings is 1. The average Bonchev–Trinajstić information content (AvgIpc) is 3.39. The number of benzene rings is 1. The predicted molar refractivity (Wildman–Crippen MR) is 101 cm³/mol. The lowest BCUT2D eigenvalue weighted by Crippen LogP contribution is -2.69. The highest BCUT2D eigenvalue weighted by atomic mass is 16.3. The molecule has 4 rings (SSSR count). The van der Waals surface area contributed by atoms with Gasteiger partial charge in [0.2, 0.25) is 0 Å². The first-order chi connectivity index (χ1) is 11.9. The smallest absolute Gasteiger partial charge is 0.115 e. The molecule has 3 aliphatic rings. The largest absolute Gasteiger partial charge is 0.508 e. The van der Waals surface area contributed by atoms with E-state index in [0.717, 1.165) is 44.7 Å². The van der Waals surface area contributed by atoms with E-state index < -0.39 is 5.60 Å². The standard InChI is InChI=1S/C22H33NO2/c1-15-8-9-22(25)17(3)23(14-18-5-6-18)11-10-21(22,13-15)20-12-19(24)7-4-16(20)2/h4,7,12,15,17-18,24-25H,5-6,8-11,13-14H2,1-3H3. The number of likely N-dealkylation sites (tertiary alicyclic amines) is 1. The number of rotatable bonds is 3. The molecule has 4 atom stereocenters. The third kappa shape index (κ3) is 2.71. The summed E-state index contributed by atoms with van der Waals surface area (Å²) >= 11 is 0. The third-order valence-electron chi connectivity index (χ3n) is 7.53. The highest BCUT2D eigenvalue weighted by Gasteiger charge is 2.60. The van der Waals surface area contributed by atoms with Crippen LogP contribution < -0.4 is 0 Å². The normalized spacial score (nSPS) is 39.2. The van der Waals surface area contributed by atoms with E-state index >= 15 is 0 Å². The second-order valence-electron chi connectivity index (χ2n) is 9.22. The molecule has 1 aromatic rings. The lowest BCUT2D eigenvalue weighted by atomic mass is 9.51. The van der Waals surface area contributed by atoms with E-state index in [9.17, 15) is 10.2 Å². The SMILES string of the molecule is Cc1ccc(O)cc1C12CCN(CC3CC3)C(C)C1(O)CCC(C)C2. The molecule has 2 aliphatic carbocycles. The Morgan fingerprint density at radius 3 is 2.64 bits per heavy atom. The number of hydrogen-bond donors (Lipinski definition) is 2. The molecular formula is C22H33NO2. The summed E-state index contributed by atoms with van der Waals surface area (Å²) in [5.41, 5.74) is 1.45. The maximum atomic E-state index is 12.1. The average molecular weight is 344 g/mol. The van der Waals surface area contributed by atoms with Crippen LogP contribution in [0, 0.1) is 18.8 Å². The van der Waals surface area contributed by atoms with Crippen molar-refractivity contribution in [1.82, 2.24) is 4.90 Å². The molecule has 0 aromatic heterocycles. The van der Waals surface area contributed by atoms with Crippen molar-refractivity contribution in [3.8, 4) is 5.75 Å². The van der Waals surface area contributed by atoms with Crippen molar-refractivity contribution in [3.63, 3.8) is 0 Å². The quantitative estimate of drug-likeness (QED) is 0.872. The Morgan fingerprint density at radius 1 is 1.16 bits per heavy atom. The number of nitrogens with zero attached hydrogens (tertiary/aromatic N) is 1. The van der Waals surface area contributed by atoms with Gasteiger partial charge in [0.1, 0.15) is 5.75 Å². The van der Waals surface area contributed by atoms with E-state index in [0.29, 0.717) is 11.7 Å². The Balaban J connectivity index is 1.77. The van der Waals surface area contributed by atoms with Crippen LogP contribution in [0.3, 0.4) is 0 Å². The van der Waals surface area contributed by atoms with Gasteiger partial charge in [-0.1, -0.05) is 13.0 Å². The molecule has 1 heterocycles. The highest BCUT2D eigenvalue weighted by Crippen LogP contribution is 2.56. The van der Waals surface area contributed by atoms with Gasteiger partial charge in [0.15, 0.2) is 0 Å². The Hall–Kier alpha value is -1.06. The minimum absolute atomic E-state index is 0.177. The number of aryl methyl sites for hydroxylation is 1. The van der Waals surface area contributed by atoms with E-state index in [1.54, 1.807) is 6.07 Å². The van der Waals surface area contributed by atoms with E-state index in [-0.39, 0.29) is 11.5 Å². The molecule has 2 saturated carbocycles. The van der Waals surface area contributed by atoms with Gasteiger partial charge in [0.25, 0.3) is 0 Å². The fourth-order valence-corrected chi connectivity index (χ4v) is 5.82. The van der Waals surface area contributed by atoms with Gasteiger partial charge in [-0.15, -0.1) is 0 Å². The zero-order valence-corrected chi connectivity index (χ0v) is 16.0. The summed E-state index contributed by atoms with van der Waals surface area (Å²) in [7, 11) is 0. The van der Waals surface area contributed by atoms with Crippen LogP contribution in [0.1, 0.15) is 63.5 Å². The van der Waals surface area contributed by atoms with E-state index in [2.05, 4.69) is 25.7 Å². The van der Waals surface area contributed by atoms with Crippen LogP contribution in [-0.2, 0) is 5.41 Å². The lowest BCUT2D eigenvalue weighted by molar-refractivity contribution is -0.162. The van der Waals surface area contributed by atoms with Crippen molar-refractivity contribution in [3.05, 3.63) is 29.3 Å². The first kappa shape index (κ1) is 17.4. The second-order valence-corrected chi connectivity index (χ2v) is 9.22. The minimum atomic E-state index is -0.703. The molecule has 25 heavy (non-hydrogen) atoms. The summed E-state index contributed by atoms with van der Waals surface area (Å²) in [5, 5.41) is 22.2.